The molecule has 0 bridgehead atoms. The number of hydrogen-bond acceptors (Lipinski definition) is 3. The van der Waals surface area contributed by atoms with Gasteiger partial charge in [0.15, 0.2) is 0 Å². The van der Waals surface area contributed by atoms with Crippen molar-refractivity contribution in [3.05, 3.63) is 35.9 Å². The summed E-state index contributed by atoms with van der Waals surface area (Å²) >= 11 is 0. The lowest BCUT2D eigenvalue weighted by atomic mass is 9.99. The third kappa shape index (κ3) is 4.12. The van der Waals surface area contributed by atoms with Crippen LogP contribution in [-0.4, -0.2) is 36.0 Å². The number of nitrogens with two attached hydrogens (primary N) is 1. The Bertz CT molecular complexity index is 519. The van der Waals surface area contributed by atoms with Crippen molar-refractivity contribution in [2.24, 2.45) is 11.7 Å². The zero-order chi connectivity index (χ0) is 16.2. The number of benzene rings is 1. The maximum atomic E-state index is 12.3. The quantitative estimate of drug-likeness (QED) is 0.877. The van der Waals surface area contributed by atoms with Gasteiger partial charge in [-0.05, 0) is 37.7 Å². The Morgan fingerprint density at radius 1 is 1.30 bits per heavy atom. The van der Waals surface area contributed by atoms with Crippen LogP contribution in [0.3, 0.4) is 0 Å². The molecule has 1 saturated carbocycles. The number of nitrogens with one attached hydrogen (secondary N) is 1. The Labute approximate surface area is 139 Å². The summed E-state index contributed by atoms with van der Waals surface area (Å²) in [7, 11) is 0. The van der Waals surface area contributed by atoms with Gasteiger partial charge in [-0.15, -0.1) is 0 Å². The van der Waals surface area contributed by atoms with Crippen LogP contribution in [0, 0.1) is 5.92 Å². The lowest BCUT2D eigenvalue weighted by Gasteiger charge is -2.25. The van der Waals surface area contributed by atoms with Crippen molar-refractivity contribution >= 4 is 5.91 Å². The van der Waals surface area contributed by atoms with E-state index in [2.05, 4.69) is 47.5 Å². The van der Waals surface area contributed by atoms with Crippen molar-refractivity contribution in [3.8, 4) is 0 Å². The van der Waals surface area contributed by atoms with E-state index in [1.165, 1.54) is 12.0 Å². The lowest BCUT2D eigenvalue weighted by Crippen LogP contribution is -2.39. The molecule has 1 aromatic carbocycles. The average molecular weight is 315 g/mol. The first-order valence-corrected chi connectivity index (χ1v) is 8.97. The second kappa shape index (κ2) is 7.45. The molecule has 4 nitrogen and oxygen atoms in total. The molecule has 1 aliphatic heterocycles. The third-order valence-electron chi connectivity index (χ3n) is 5.58. The Hall–Kier alpha value is -1.39. The fraction of sp³-hybridized carbons (Fsp3) is 0.632. The Morgan fingerprint density at radius 2 is 2.09 bits per heavy atom. The first-order valence-electron chi connectivity index (χ1n) is 8.97. The van der Waals surface area contributed by atoms with E-state index in [4.69, 9.17) is 5.73 Å². The number of hydrogen-bond donors (Lipinski definition) is 2. The molecule has 4 atom stereocenters. The van der Waals surface area contributed by atoms with Crippen LogP contribution < -0.4 is 11.1 Å². The Morgan fingerprint density at radius 3 is 2.78 bits per heavy atom. The van der Waals surface area contributed by atoms with E-state index in [9.17, 15) is 4.79 Å². The van der Waals surface area contributed by atoms with Crippen LogP contribution >= 0.6 is 0 Å². The van der Waals surface area contributed by atoms with Gasteiger partial charge in [-0.1, -0.05) is 36.8 Å². The lowest BCUT2D eigenvalue weighted by molar-refractivity contribution is -0.122. The highest BCUT2D eigenvalue weighted by molar-refractivity contribution is 5.76. The SMILES string of the molecule is CC(c1ccccc1)N1CCC(NC(=O)C[C@@H]2CCC[C@H]2N)C1. The van der Waals surface area contributed by atoms with E-state index in [1.807, 2.05) is 0 Å². The molecule has 3 N–H and O–H groups in total. The number of carbonyl (C=O) groups excluding carboxylic acids is 1. The minimum absolute atomic E-state index is 0.187. The van der Waals surface area contributed by atoms with E-state index in [0.29, 0.717) is 18.4 Å². The zero-order valence-corrected chi connectivity index (χ0v) is 14.1. The summed E-state index contributed by atoms with van der Waals surface area (Å²) in [5.41, 5.74) is 7.42. The number of rotatable bonds is 5. The Balaban J connectivity index is 1.47. The van der Waals surface area contributed by atoms with Gasteiger partial charge in [-0.2, -0.15) is 0 Å². The molecule has 3 rings (SSSR count). The molecule has 0 radical (unpaired) electrons. The monoisotopic (exact) mass is 315 g/mol. The third-order valence-corrected chi connectivity index (χ3v) is 5.58. The van der Waals surface area contributed by atoms with Crippen LogP contribution in [0.4, 0.5) is 0 Å². The number of amides is 1. The average Bonchev–Trinajstić information content (AvgIpc) is 3.17. The maximum Gasteiger partial charge on any atom is 0.220 e. The minimum atomic E-state index is 0.187. The molecule has 1 aromatic rings. The molecule has 4 heteroatoms. The molecule has 2 unspecified atom stereocenters. The van der Waals surface area contributed by atoms with Crippen molar-refractivity contribution in [2.45, 2.75) is 57.2 Å². The van der Waals surface area contributed by atoms with E-state index < -0.39 is 0 Å². The standard InChI is InChI=1S/C19H29N3O/c1-14(15-6-3-2-4-7-15)22-11-10-17(13-22)21-19(23)12-16-8-5-9-18(16)20/h2-4,6-7,14,16-18H,5,8-13,20H2,1H3,(H,21,23)/t14?,16-,17?,18+/m0/s1. The van der Waals surface area contributed by atoms with E-state index >= 15 is 0 Å². The number of nitrogens with zero attached hydrogens (tertiary/aromatic N) is 1. The molecule has 2 fully saturated rings. The summed E-state index contributed by atoms with van der Waals surface area (Å²) in [4.78, 5) is 14.7. The maximum absolute atomic E-state index is 12.3. The summed E-state index contributed by atoms with van der Waals surface area (Å²) in [5.74, 6) is 0.572. The van der Waals surface area contributed by atoms with Gasteiger partial charge in [0.25, 0.3) is 0 Å². The van der Waals surface area contributed by atoms with Gasteiger partial charge in [0.05, 0.1) is 0 Å². The van der Waals surface area contributed by atoms with Crippen LogP contribution in [0.1, 0.15) is 50.6 Å². The van der Waals surface area contributed by atoms with Crippen LogP contribution in [0.2, 0.25) is 0 Å². The largest absolute Gasteiger partial charge is 0.352 e. The van der Waals surface area contributed by atoms with Gasteiger partial charge in [-0.3, -0.25) is 9.69 Å². The van der Waals surface area contributed by atoms with Crippen molar-refractivity contribution < 1.29 is 4.79 Å². The summed E-state index contributed by atoms with van der Waals surface area (Å²) in [6.45, 7) is 4.24. The fourth-order valence-electron chi connectivity index (χ4n) is 4.04. The van der Waals surface area contributed by atoms with Crippen LogP contribution in [-0.2, 0) is 4.79 Å². The van der Waals surface area contributed by atoms with Crippen molar-refractivity contribution in [1.82, 2.24) is 10.2 Å². The van der Waals surface area contributed by atoms with Crippen molar-refractivity contribution in [2.75, 3.05) is 13.1 Å². The van der Waals surface area contributed by atoms with Gasteiger partial charge in [0, 0.05) is 37.6 Å². The second-order valence-electron chi connectivity index (χ2n) is 7.19. The van der Waals surface area contributed by atoms with Crippen molar-refractivity contribution in [3.63, 3.8) is 0 Å². The second-order valence-corrected chi connectivity index (χ2v) is 7.19. The molecule has 1 saturated heterocycles. The van der Waals surface area contributed by atoms with E-state index in [1.54, 1.807) is 0 Å². The minimum Gasteiger partial charge on any atom is -0.352 e. The summed E-state index contributed by atoms with van der Waals surface area (Å²) in [5, 5.41) is 3.23. The van der Waals surface area contributed by atoms with Crippen LogP contribution in [0.15, 0.2) is 30.3 Å². The highest BCUT2D eigenvalue weighted by Crippen LogP contribution is 2.27. The molecule has 1 heterocycles. The molecule has 0 aromatic heterocycles. The highest BCUT2D eigenvalue weighted by atomic mass is 16.1. The van der Waals surface area contributed by atoms with Gasteiger partial charge < -0.3 is 11.1 Å². The van der Waals surface area contributed by atoms with E-state index in [-0.39, 0.29) is 18.0 Å². The topological polar surface area (TPSA) is 58.4 Å². The molecule has 2 aliphatic rings. The summed E-state index contributed by atoms with van der Waals surface area (Å²) in [6, 6.07) is 11.5. The van der Waals surface area contributed by atoms with Crippen LogP contribution in [0.25, 0.3) is 0 Å². The molecule has 1 aliphatic carbocycles. The zero-order valence-electron chi connectivity index (χ0n) is 14.1. The predicted molar refractivity (Wildman–Crippen MR) is 92.9 cm³/mol. The Kier molecular flexibility index (Phi) is 5.34. The van der Waals surface area contributed by atoms with Crippen molar-refractivity contribution in [1.29, 1.82) is 0 Å². The molecule has 126 valence electrons. The van der Waals surface area contributed by atoms with E-state index in [0.717, 1.165) is 32.4 Å². The van der Waals surface area contributed by atoms with Gasteiger partial charge in [-0.25, -0.2) is 0 Å². The normalized spacial score (nSPS) is 29.6. The predicted octanol–water partition coefficient (Wildman–Crippen LogP) is 2.46. The first-order chi connectivity index (χ1) is 11.1. The molecule has 0 spiro atoms. The summed E-state index contributed by atoms with van der Waals surface area (Å²) in [6.07, 6.45) is 5.00. The highest BCUT2D eigenvalue weighted by Gasteiger charge is 2.30. The molecular formula is C19H29N3O. The molecule has 23 heavy (non-hydrogen) atoms. The number of likely N-dealkylation sites (tertiary alicyclic amines) is 1. The van der Waals surface area contributed by atoms with Crippen LogP contribution in [0.5, 0.6) is 0 Å². The first kappa shape index (κ1) is 16.5. The smallest absolute Gasteiger partial charge is 0.220 e. The summed E-state index contributed by atoms with van der Waals surface area (Å²) < 4.78 is 0. The molecular weight excluding hydrogens is 286 g/mol. The van der Waals surface area contributed by atoms with Gasteiger partial charge in [0.1, 0.15) is 0 Å². The fourth-order valence-corrected chi connectivity index (χ4v) is 4.04. The molecule has 1 amide bonds. The van der Waals surface area contributed by atoms with Gasteiger partial charge >= 0.3 is 0 Å². The van der Waals surface area contributed by atoms with Gasteiger partial charge in [0.2, 0.25) is 5.91 Å². The number of carbonyl (C=O) groups is 1.